The highest BCUT2D eigenvalue weighted by atomic mass is 16.7. The van der Waals surface area contributed by atoms with Crippen LogP contribution in [0.15, 0.2) is 24.5 Å². The Morgan fingerprint density at radius 3 is 2.64 bits per heavy atom. The van der Waals surface area contributed by atoms with Crippen molar-refractivity contribution in [2.45, 2.75) is 116 Å². The molecule has 2 N–H and O–H groups in total. The van der Waals surface area contributed by atoms with Gasteiger partial charge in [0.05, 0.1) is 12.7 Å². The second-order valence-corrected chi connectivity index (χ2v) is 15.9. The first kappa shape index (κ1) is 30.3. The third-order valence-electron chi connectivity index (χ3n) is 13.7. The summed E-state index contributed by atoms with van der Waals surface area (Å²) in [7, 11) is 0. The van der Waals surface area contributed by atoms with Crippen molar-refractivity contribution in [1.29, 1.82) is 0 Å². The number of ketones is 1. The SMILES string of the molecule is C[C@@H]1CC[C@@]2(OC1)O[C@H]1C[C@H]3[C@@H]4CC[C@H]5C[C@@H](NC(=O)CC(=O)NCc6cccnc6)CC[C@]5(C)[C@H]4CC(=O)[C@]3(C)[C@H]1[C@@H]2C. The number of amides is 2. The molecule has 0 radical (unpaired) electrons. The molecule has 2 saturated heterocycles. The number of hydrogen-bond donors (Lipinski definition) is 2. The molecule has 1 aromatic rings. The van der Waals surface area contributed by atoms with Crippen molar-refractivity contribution in [3.8, 4) is 0 Å². The van der Waals surface area contributed by atoms with Crippen molar-refractivity contribution in [3.63, 3.8) is 0 Å². The highest BCUT2D eigenvalue weighted by molar-refractivity contribution is 5.97. The molecule has 1 aromatic heterocycles. The van der Waals surface area contributed by atoms with Gasteiger partial charge in [-0.1, -0.05) is 33.8 Å². The van der Waals surface area contributed by atoms with E-state index >= 15 is 0 Å². The molecule has 8 heteroatoms. The number of rotatable bonds is 5. The van der Waals surface area contributed by atoms with E-state index in [1.807, 2.05) is 12.1 Å². The molecule has 240 valence electrons. The number of ether oxygens (including phenoxy) is 2. The van der Waals surface area contributed by atoms with E-state index in [2.05, 4.69) is 43.3 Å². The number of aromatic nitrogens is 1. The van der Waals surface area contributed by atoms with Gasteiger partial charge in [0.25, 0.3) is 0 Å². The Balaban J connectivity index is 0.977. The predicted molar refractivity (Wildman–Crippen MR) is 165 cm³/mol. The van der Waals surface area contributed by atoms with Crippen LogP contribution in [0.1, 0.15) is 97.5 Å². The predicted octanol–water partition coefficient (Wildman–Crippen LogP) is 5.20. The van der Waals surface area contributed by atoms with Crippen LogP contribution in [0.4, 0.5) is 0 Å². The van der Waals surface area contributed by atoms with Gasteiger partial charge in [0.15, 0.2) is 5.79 Å². The Labute approximate surface area is 262 Å². The van der Waals surface area contributed by atoms with Gasteiger partial charge < -0.3 is 20.1 Å². The van der Waals surface area contributed by atoms with E-state index in [1.54, 1.807) is 12.4 Å². The highest BCUT2D eigenvalue weighted by Gasteiger charge is 2.71. The van der Waals surface area contributed by atoms with Crippen LogP contribution in [0.3, 0.4) is 0 Å². The fraction of sp³-hybridized carbons (Fsp3) is 0.778. The molecule has 12 atom stereocenters. The minimum atomic E-state index is -0.501. The van der Waals surface area contributed by atoms with Gasteiger partial charge in [-0.3, -0.25) is 19.4 Å². The average molecular weight is 606 g/mol. The van der Waals surface area contributed by atoms with Gasteiger partial charge in [0.1, 0.15) is 12.2 Å². The summed E-state index contributed by atoms with van der Waals surface area (Å²) in [5, 5.41) is 6.00. The summed E-state index contributed by atoms with van der Waals surface area (Å²) in [6.07, 6.45) is 12.3. The summed E-state index contributed by atoms with van der Waals surface area (Å²) in [5.41, 5.74) is 0.688. The number of Topliss-reactive ketones (excluding diaryl/α,β-unsaturated/α-hetero) is 1. The molecule has 7 rings (SSSR count). The van der Waals surface area contributed by atoms with E-state index in [0.717, 1.165) is 63.5 Å². The molecule has 1 spiro atoms. The van der Waals surface area contributed by atoms with Crippen molar-refractivity contribution in [3.05, 3.63) is 30.1 Å². The maximum atomic E-state index is 14.3. The van der Waals surface area contributed by atoms with Gasteiger partial charge in [0, 0.05) is 55.1 Å². The van der Waals surface area contributed by atoms with Crippen LogP contribution in [0.2, 0.25) is 0 Å². The molecule has 0 bridgehead atoms. The van der Waals surface area contributed by atoms with Crippen molar-refractivity contribution >= 4 is 17.6 Å². The molecule has 4 saturated carbocycles. The number of carbonyl (C=O) groups excluding carboxylic acids is 3. The molecular weight excluding hydrogens is 554 g/mol. The lowest BCUT2D eigenvalue weighted by Crippen LogP contribution is -2.59. The molecule has 6 aliphatic rings. The molecule has 3 heterocycles. The zero-order valence-corrected chi connectivity index (χ0v) is 27.0. The maximum absolute atomic E-state index is 14.3. The van der Waals surface area contributed by atoms with Gasteiger partial charge in [-0.25, -0.2) is 0 Å². The summed E-state index contributed by atoms with van der Waals surface area (Å²) in [5.74, 6) is 2.34. The minimum Gasteiger partial charge on any atom is -0.353 e. The Bertz CT molecular complexity index is 1280. The highest BCUT2D eigenvalue weighted by Crippen LogP contribution is 2.70. The Kier molecular flexibility index (Phi) is 7.71. The van der Waals surface area contributed by atoms with Gasteiger partial charge in [-0.05, 0) is 91.6 Å². The smallest absolute Gasteiger partial charge is 0.229 e. The van der Waals surface area contributed by atoms with Gasteiger partial charge >= 0.3 is 0 Å². The molecule has 6 fully saturated rings. The van der Waals surface area contributed by atoms with E-state index in [4.69, 9.17) is 9.47 Å². The van der Waals surface area contributed by atoms with Gasteiger partial charge in [-0.2, -0.15) is 0 Å². The third-order valence-corrected chi connectivity index (χ3v) is 13.7. The lowest BCUT2D eigenvalue weighted by molar-refractivity contribution is -0.272. The van der Waals surface area contributed by atoms with Crippen LogP contribution in [0.25, 0.3) is 0 Å². The minimum absolute atomic E-state index is 0.0855. The number of nitrogens with zero attached hydrogens (tertiary/aromatic N) is 1. The lowest BCUT2D eigenvalue weighted by Gasteiger charge is -2.60. The monoisotopic (exact) mass is 605 g/mol. The Hall–Kier alpha value is -2.32. The molecule has 8 nitrogen and oxygen atoms in total. The van der Waals surface area contributed by atoms with Crippen LogP contribution < -0.4 is 10.6 Å². The quantitative estimate of drug-likeness (QED) is 0.447. The summed E-state index contributed by atoms with van der Waals surface area (Å²) in [6, 6.07) is 3.81. The number of hydrogen-bond acceptors (Lipinski definition) is 6. The normalized spacial score (nSPS) is 46.0. The van der Waals surface area contributed by atoms with E-state index in [1.165, 1.54) is 0 Å². The first-order valence-electron chi connectivity index (χ1n) is 17.3. The van der Waals surface area contributed by atoms with Crippen molar-refractivity contribution in [2.24, 2.45) is 52.3 Å². The van der Waals surface area contributed by atoms with Crippen LogP contribution in [-0.4, -0.2) is 47.1 Å². The third kappa shape index (κ3) is 4.85. The largest absolute Gasteiger partial charge is 0.353 e. The van der Waals surface area contributed by atoms with Gasteiger partial charge in [-0.15, -0.1) is 0 Å². The van der Waals surface area contributed by atoms with E-state index in [0.29, 0.717) is 48.3 Å². The van der Waals surface area contributed by atoms with E-state index in [-0.39, 0.29) is 53.0 Å². The maximum Gasteiger partial charge on any atom is 0.229 e. The van der Waals surface area contributed by atoms with E-state index < -0.39 is 5.79 Å². The van der Waals surface area contributed by atoms with Crippen molar-refractivity contribution < 1.29 is 23.9 Å². The Morgan fingerprint density at radius 1 is 1.05 bits per heavy atom. The van der Waals surface area contributed by atoms with Crippen molar-refractivity contribution in [2.75, 3.05) is 6.61 Å². The standard InChI is InChI=1S/C36H51N3O5/c1-21-9-12-36(43-20-21)22(2)33-29(44-36)15-28-26-8-7-24-14-25(10-11-34(24,3)27(26)16-30(40)35(28,33)4)39-32(42)17-31(41)38-19-23-6-5-13-37-18-23/h5-6,13,18,21-22,24-29,33H,7-12,14-17,19-20H2,1-4H3,(H,38,41)(H,39,42)/t21-,22+,24+,25+,26-,27+,28+,29+,33+,34+,35-,36-/m1/s1. The zero-order chi connectivity index (χ0) is 30.9. The number of fused-ring (bicyclic) bond motifs is 7. The molecule has 2 amide bonds. The first-order valence-corrected chi connectivity index (χ1v) is 17.3. The second-order valence-electron chi connectivity index (χ2n) is 15.9. The molecule has 4 aliphatic carbocycles. The molecular formula is C36H51N3O5. The number of nitrogens with one attached hydrogen (secondary N) is 2. The summed E-state index contributed by atoms with van der Waals surface area (Å²) < 4.78 is 13.3. The van der Waals surface area contributed by atoms with E-state index in [9.17, 15) is 14.4 Å². The molecule has 2 aliphatic heterocycles. The van der Waals surface area contributed by atoms with Gasteiger partial charge in [0.2, 0.25) is 11.8 Å². The lowest BCUT2D eigenvalue weighted by atomic mass is 9.44. The molecule has 0 unspecified atom stereocenters. The molecule has 0 aromatic carbocycles. The topological polar surface area (TPSA) is 107 Å². The second kappa shape index (κ2) is 11.2. The first-order chi connectivity index (χ1) is 21.0. The summed E-state index contributed by atoms with van der Waals surface area (Å²) in [4.78, 5) is 43.6. The zero-order valence-electron chi connectivity index (χ0n) is 27.0. The Morgan fingerprint density at radius 2 is 1.89 bits per heavy atom. The van der Waals surface area contributed by atoms with Crippen LogP contribution in [-0.2, 0) is 30.4 Å². The summed E-state index contributed by atoms with van der Waals surface area (Å²) >= 11 is 0. The summed E-state index contributed by atoms with van der Waals surface area (Å²) in [6.45, 7) is 10.4. The van der Waals surface area contributed by atoms with Crippen molar-refractivity contribution in [1.82, 2.24) is 15.6 Å². The fourth-order valence-electron chi connectivity index (χ4n) is 11.3. The van der Waals surface area contributed by atoms with Crippen LogP contribution in [0, 0.1) is 52.3 Å². The molecule has 44 heavy (non-hydrogen) atoms. The van der Waals surface area contributed by atoms with Crippen LogP contribution in [0.5, 0.6) is 0 Å². The fourth-order valence-corrected chi connectivity index (χ4v) is 11.3. The van der Waals surface area contributed by atoms with Crippen LogP contribution >= 0.6 is 0 Å². The average Bonchev–Trinajstić information content (AvgIpc) is 3.45. The number of carbonyl (C=O) groups is 3. The number of pyridine rings is 1.